The minimum Gasteiger partial charge on any atom is -0.336 e. The lowest BCUT2D eigenvalue weighted by Crippen LogP contribution is -2.48. The highest BCUT2D eigenvalue weighted by atomic mass is 16.2. The van der Waals surface area contributed by atoms with Crippen molar-refractivity contribution in [2.75, 3.05) is 31.5 Å². The number of amides is 2. The lowest BCUT2D eigenvalue weighted by Gasteiger charge is -2.35. The Bertz CT molecular complexity index is 1660. The summed E-state index contributed by atoms with van der Waals surface area (Å²) in [5.41, 5.74) is 5.49. The number of hydrogen-bond donors (Lipinski definition) is 1. The number of hydrogen-bond acceptors (Lipinski definition) is 3. The predicted molar refractivity (Wildman–Crippen MR) is 161 cm³/mol. The summed E-state index contributed by atoms with van der Waals surface area (Å²) in [6.07, 6.45) is 0. The Balaban J connectivity index is 1.06. The molecular formula is C35H31N3O2. The van der Waals surface area contributed by atoms with E-state index in [0.717, 1.165) is 30.4 Å². The van der Waals surface area contributed by atoms with E-state index in [0.29, 0.717) is 29.9 Å². The van der Waals surface area contributed by atoms with Crippen LogP contribution in [0.15, 0.2) is 121 Å². The van der Waals surface area contributed by atoms with E-state index in [9.17, 15) is 9.59 Å². The second-order valence-corrected chi connectivity index (χ2v) is 10.2. The van der Waals surface area contributed by atoms with Crippen molar-refractivity contribution in [3.05, 3.63) is 138 Å². The third-order valence-electron chi connectivity index (χ3n) is 7.48. The van der Waals surface area contributed by atoms with Gasteiger partial charge in [-0.2, -0.15) is 0 Å². The number of piperazine rings is 1. The summed E-state index contributed by atoms with van der Waals surface area (Å²) in [5.74, 6) is -0.201. The number of anilines is 1. The second-order valence-electron chi connectivity index (χ2n) is 10.2. The SMILES string of the molecule is O=C(Nc1cccc(C(=O)N2CCN(Cc3cccc(-c4ccccc4)c3)CC2)c1)c1ccc2ccccc2c1. The van der Waals surface area contributed by atoms with Gasteiger partial charge in [-0.3, -0.25) is 14.5 Å². The molecule has 0 bridgehead atoms. The topological polar surface area (TPSA) is 52.7 Å². The Hall–Kier alpha value is -4.74. The molecule has 0 atom stereocenters. The van der Waals surface area contributed by atoms with Gasteiger partial charge in [0.15, 0.2) is 0 Å². The van der Waals surface area contributed by atoms with E-state index >= 15 is 0 Å². The average Bonchev–Trinajstić information content (AvgIpc) is 3.01. The Kier molecular flexibility index (Phi) is 7.38. The fourth-order valence-electron chi connectivity index (χ4n) is 5.29. The van der Waals surface area contributed by atoms with Gasteiger partial charge in [0, 0.05) is 49.5 Å². The van der Waals surface area contributed by atoms with Gasteiger partial charge in [0.05, 0.1) is 0 Å². The van der Waals surface area contributed by atoms with Crippen molar-refractivity contribution in [3.8, 4) is 11.1 Å². The maximum absolute atomic E-state index is 13.3. The molecule has 1 aliphatic rings. The Labute approximate surface area is 234 Å². The van der Waals surface area contributed by atoms with Gasteiger partial charge in [0.25, 0.3) is 11.8 Å². The summed E-state index contributed by atoms with van der Waals surface area (Å²) in [7, 11) is 0. The molecule has 5 aromatic rings. The molecule has 5 nitrogen and oxygen atoms in total. The molecule has 0 aliphatic carbocycles. The molecular weight excluding hydrogens is 494 g/mol. The van der Waals surface area contributed by atoms with Crippen LogP contribution in [-0.4, -0.2) is 47.8 Å². The van der Waals surface area contributed by atoms with E-state index in [4.69, 9.17) is 0 Å². The molecule has 0 saturated carbocycles. The average molecular weight is 526 g/mol. The van der Waals surface area contributed by atoms with E-state index in [2.05, 4.69) is 58.7 Å². The number of carbonyl (C=O) groups is 2. The number of carbonyl (C=O) groups excluding carboxylic acids is 2. The van der Waals surface area contributed by atoms with E-state index in [1.165, 1.54) is 16.7 Å². The molecule has 5 heteroatoms. The highest BCUT2D eigenvalue weighted by Gasteiger charge is 2.22. The molecule has 0 unspecified atom stereocenters. The summed E-state index contributed by atoms with van der Waals surface area (Å²) in [6.45, 7) is 3.84. The number of nitrogens with one attached hydrogen (secondary N) is 1. The highest BCUT2D eigenvalue weighted by molar-refractivity contribution is 6.07. The van der Waals surface area contributed by atoms with Crippen LogP contribution in [0.3, 0.4) is 0 Å². The summed E-state index contributed by atoms with van der Waals surface area (Å²) < 4.78 is 0. The zero-order valence-corrected chi connectivity index (χ0v) is 22.3. The monoisotopic (exact) mass is 525 g/mol. The molecule has 40 heavy (non-hydrogen) atoms. The molecule has 198 valence electrons. The smallest absolute Gasteiger partial charge is 0.255 e. The van der Waals surface area contributed by atoms with Crippen LogP contribution in [-0.2, 0) is 6.54 Å². The van der Waals surface area contributed by atoms with Crippen LogP contribution in [0.2, 0.25) is 0 Å². The van der Waals surface area contributed by atoms with E-state index in [-0.39, 0.29) is 11.8 Å². The van der Waals surface area contributed by atoms with Crippen LogP contribution in [0, 0.1) is 0 Å². The summed E-state index contributed by atoms with van der Waals surface area (Å²) in [5, 5.41) is 5.06. The highest BCUT2D eigenvalue weighted by Crippen LogP contribution is 2.22. The molecule has 0 radical (unpaired) electrons. The maximum Gasteiger partial charge on any atom is 0.255 e. The molecule has 1 N–H and O–H groups in total. The zero-order valence-electron chi connectivity index (χ0n) is 22.3. The predicted octanol–water partition coefficient (Wildman–Crippen LogP) is 6.72. The third-order valence-corrected chi connectivity index (χ3v) is 7.48. The van der Waals surface area contributed by atoms with Crippen molar-refractivity contribution in [1.82, 2.24) is 9.80 Å². The van der Waals surface area contributed by atoms with E-state index in [1.807, 2.05) is 71.6 Å². The molecule has 2 amide bonds. The first-order chi connectivity index (χ1) is 19.6. The van der Waals surface area contributed by atoms with Crippen LogP contribution in [0.4, 0.5) is 5.69 Å². The van der Waals surface area contributed by atoms with Crippen LogP contribution in [0.5, 0.6) is 0 Å². The summed E-state index contributed by atoms with van der Waals surface area (Å²) in [4.78, 5) is 30.5. The van der Waals surface area contributed by atoms with Crippen molar-refractivity contribution in [2.24, 2.45) is 0 Å². The third kappa shape index (κ3) is 5.80. The number of benzene rings is 5. The van der Waals surface area contributed by atoms with Crippen LogP contribution < -0.4 is 5.32 Å². The molecule has 1 saturated heterocycles. The van der Waals surface area contributed by atoms with Gasteiger partial charge < -0.3 is 10.2 Å². The number of nitrogens with zero attached hydrogens (tertiary/aromatic N) is 2. The van der Waals surface area contributed by atoms with Gasteiger partial charge in [-0.15, -0.1) is 0 Å². The normalized spacial score (nSPS) is 13.8. The summed E-state index contributed by atoms with van der Waals surface area (Å²) >= 11 is 0. The molecule has 6 rings (SSSR count). The van der Waals surface area contributed by atoms with Crippen molar-refractivity contribution in [1.29, 1.82) is 0 Å². The maximum atomic E-state index is 13.3. The lowest BCUT2D eigenvalue weighted by molar-refractivity contribution is 0.0628. The van der Waals surface area contributed by atoms with Crippen molar-refractivity contribution in [3.63, 3.8) is 0 Å². The first kappa shape index (κ1) is 25.5. The summed E-state index contributed by atoms with van der Waals surface area (Å²) in [6, 6.07) is 39.9. The second kappa shape index (κ2) is 11.6. The van der Waals surface area contributed by atoms with Crippen molar-refractivity contribution in [2.45, 2.75) is 6.54 Å². The van der Waals surface area contributed by atoms with Crippen molar-refractivity contribution >= 4 is 28.3 Å². The van der Waals surface area contributed by atoms with Gasteiger partial charge >= 0.3 is 0 Å². The largest absolute Gasteiger partial charge is 0.336 e. The molecule has 1 aliphatic heterocycles. The Morgan fingerprint density at radius 3 is 2.15 bits per heavy atom. The quantitative estimate of drug-likeness (QED) is 0.268. The Morgan fingerprint density at radius 1 is 0.600 bits per heavy atom. The first-order valence-corrected chi connectivity index (χ1v) is 13.7. The molecule has 1 heterocycles. The Morgan fingerprint density at radius 2 is 1.32 bits per heavy atom. The van der Waals surface area contributed by atoms with Crippen molar-refractivity contribution < 1.29 is 9.59 Å². The van der Waals surface area contributed by atoms with Gasteiger partial charge in [-0.1, -0.05) is 84.9 Å². The molecule has 0 aromatic heterocycles. The van der Waals surface area contributed by atoms with Crippen LogP contribution in [0.1, 0.15) is 26.3 Å². The number of fused-ring (bicyclic) bond motifs is 1. The lowest BCUT2D eigenvalue weighted by atomic mass is 10.0. The number of rotatable bonds is 6. The van der Waals surface area contributed by atoms with Crippen LogP contribution >= 0.6 is 0 Å². The molecule has 1 fully saturated rings. The van der Waals surface area contributed by atoms with Crippen LogP contribution in [0.25, 0.3) is 21.9 Å². The fraction of sp³-hybridized carbons (Fsp3) is 0.143. The molecule has 0 spiro atoms. The van der Waals surface area contributed by atoms with Gasteiger partial charge in [0.1, 0.15) is 0 Å². The minimum absolute atomic E-state index is 0.00692. The standard InChI is InChI=1S/C35H31N3O2/c39-34(31-17-16-28-11-4-5-12-30(28)23-31)36-33-15-7-14-32(24-33)35(40)38-20-18-37(19-21-38)25-26-8-6-13-29(22-26)27-9-2-1-3-10-27/h1-17,22-24H,18-21,25H2,(H,36,39). The first-order valence-electron chi connectivity index (χ1n) is 13.7. The van der Waals surface area contributed by atoms with Gasteiger partial charge in [-0.25, -0.2) is 0 Å². The van der Waals surface area contributed by atoms with Gasteiger partial charge in [0.2, 0.25) is 0 Å². The molecule has 5 aromatic carbocycles. The van der Waals surface area contributed by atoms with Gasteiger partial charge in [-0.05, 0) is 63.9 Å². The zero-order chi connectivity index (χ0) is 27.3. The fourth-order valence-corrected chi connectivity index (χ4v) is 5.29. The van der Waals surface area contributed by atoms with E-state index < -0.39 is 0 Å². The minimum atomic E-state index is -0.194. The van der Waals surface area contributed by atoms with E-state index in [1.54, 1.807) is 6.07 Å².